The highest BCUT2D eigenvalue weighted by atomic mass is 16.5. The summed E-state index contributed by atoms with van der Waals surface area (Å²) in [5, 5.41) is 2.91. The number of nitrogens with zero attached hydrogens (tertiary/aromatic N) is 1. The maximum atomic E-state index is 12.8. The zero-order chi connectivity index (χ0) is 21.1. The zero-order valence-electron chi connectivity index (χ0n) is 16.8. The Labute approximate surface area is 169 Å². The molecule has 0 spiro atoms. The van der Waals surface area contributed by atoms with Gasteiger partial charge in [-0.2, -0.15) is 0 Å². The number of hydrogen-bond acceptors (Lipinski definition) is 5. The molecule has 0 aliphatic carbocycles. The fraction of sp³-hybridized carbons (Fsp3) is 0.318. The summed E-state index contributed by atoms with van der Waals surface area (Å²) in [5.41, 5.74) is 8.54. The summed E-state index contributed by atoms with van der Waals surface area (Å²) in [7, 11) is 1.34. The van der Waals surface area contributed by atoms with Crippen LogP contribution in [-0.2, 0) is 16.1 Å². The van der Waals surface area contributed by atoms with Gasteiger partial charge in [-0.1, -0.05) is 26.0 Å². The highest BCUT2D eigenvalue weighted by molar-refractivity contribution is 6.05. The molecule has 0 unspecified atom stereocenters. The highest BCUT2D eigenvalue weighted by Gasteiger charge is 2.33. The van der Waals surface area contributed by atoms with Gasteiger partial charge in [0, 0.05) is 12.1 Å². The van der Waals surface area contributed by atoms with Crippen LogP contribution in [0.3, 0.4) is 0 Å². The van der Waals surface area contributed by atoms with Crippen LogP contribution in [0.5, 0.6) is 0 Å². The van der Waals surface area contributed by atoms with E-state index in [2.05, 4.69) is 19.2 Å². The van der Waals surface area contributed by atoms with Crippen molar-refractivity contribution in [1.29, 1.82) is 0 Å². The summed E-state index contributed by atoms with van der Waals surface area (Å²) in [4.78, 5) is 38.0. The Balaban J connectivity index is 1.96. The molecule has 1 aliphatic rings. The molecule has 7 nitrogen and oxygen atoms in total. The summed E-state index contributed by atoms with van der Waals surface area (Å²) >= 11 is 0. The van der Waals surface area contributed by atoms with Crippen LogP contribution in [0.15, 0.2) is 42.5 Å². The molecular weight excluding hydrogens is 370 g/mol. The number of hydrogen-bond donors (Lipinski definition) is 2. The van der Waals surface area contributed by atoms with E-state index in [0.717, 1.165) is 11.3 Å². The van der Waals surface area contributed by atoms with E-state index in [0.29, 0.717) is 35.7 Å². The van der Waals surface area contributed by atoms with E-state index in [-0.39, 0.29) is 11.9 Å². The van der Waals surface area contributed by atoms with Gasteiger partial charge < -0.3 is 20.7 Å². The Morgan fingerprint density at radius 3 is 2.38 bits per heavy atom. The third-order valence-electron chi connectivity index (χ3n) is 4.95. The molecule has 0 aromatic heterocycles. The Morgan fingerprint density at radius 1 is 1.14 bits per heavy atom. The molecule has 2 aromatic rings. The molecule has 0 fully saturated rings. The van der Waals surface area contributed by atoms with Gasteiger partial charge in [-0.15, -0.1) is 0 Å². The quantitative estimate of drug-likeness (QED) is 0.732. The SMILES string of the molecule is COC(=O)c1ccc(CN2c3ccc(C(N)=O)cc3NC(=O)[C@@H]2CC(C)C)cc1. The van der Waals surface area contributed by atoms with Crippen LogP contribution in [0, 0.1) is 5.92 Å². The van der Waals surface area contributed by atoms with Crippen LogP contribution in [0.25, 0.3) is 0 Å². The molecule has 0 bridgehead atoms. The monoisotopic (exact) mass is 395 g/mol. The minimum Gasteiger partial charge on any atom is -0.465 e. The lowest BCUT2D eigenvalue weighted by atomic mass is 9.96. The molecule has 1 heterocycles. The average molecular weight is 395 g/mol. The van der Waals surface area contributed by atoms with Gasteiger partial charge in [0.15, 0.2) is 0 Å². The molecule has 7 heteroatoms. The lowest BCUT2D eigenvalue weighted by molar-refractivity contribution is -0.118. The van der Waals surface area contributed by atoms with E-state index >= 15 is 0 Å². The number of fused-ring (bicyclic) bond motifs is 1. The van der Waals surface area contributed by atoms with Crippen LogP contribution in [0.1, 0.15) is 46.5 Å². The van der Waals surface area contributed by atoms with Crippen molar-refractivity contribution in [2.24, 2.45) is 11.7 Å². The van der Waals surface area contributed by atoms with Gasteiger partial charge in [0.2, 0.25) is 11.8 Å². The summed E-state index contributed by atoms with van der Waals surface area (Å²) in [6.07, 6.45) is 0.684. The Morgan fingerprint density at radius 2 is 1.79 bits per heavy atom. The van der Waals surface area contributed by atoms with Gasteiger partial charge in [0.25, 0.3) is 0 Å². The number of anilines is 2. The molecule has 3 N–H and O–H groups in total. The first-order valence-electron chi connectivity index (χ1n) is 9.48. The Bertz CT molecular complexity index is 938. The number of primary amides is 1. The molecule has 0 saturated heterocycles. The van der Waals surface area contributed by atoms with Crippen molar-refractivity contribution >= 4 is 29.2 Å². The second-order valence-electron chi connectivity index (χ2n) is 7.55. The summed E-state index contributed by atoms with van der Waals surface area (Å²) in [6, 6.07) is 11.9. The predicted octanol–water partition coefficient (Wildman–Crippen LogP) is 2.95. The van der Waals surface area contributed by atoms with Crippen LogP contribution < -0.4 is 16.0 Å². The summed E-state index contributed by atoms with van der Waals surface area (Å²) < 4.78 is 4.74. The number of ether oxygens (including phenoxy) is 1. The standard InChI is InChI=1S/C22H25N3O4/c1-13(2)10-19-21(27)24-17-11-16(20(23)26)8-9-18(17)25(19)12-14-4-6-15(7-5-14)22(28)29-3/h4-9,11,13,19H,10,12H2,1-3H3,(H2,23,26)(H,24,27)/t19-/m0/s1. The molecule has 2 amide bonds. The molecule has 0 radical (unpaired) electrons. The van der Waals surface area contributed by atoms with E-state index in [4.69, 9.17) is 10.5 Å². The normalized spacial score (nSPS) is 15.7. The van der Waals surface area contributed by atoms with Gasteiger partial charge in [-0.25, -0.2) is 4.79 Å². The molecular formula is C22H25N3O4. The molecule has 1 aliphatic heterocycles. The van der Waals surface area contributed by atoms with Crippen molar-refractivity contribution in [3.8, 4) is 0 Å². The first kappa shape index (κ1) is 20.4. The van der Waals surface area contributed by atoms with Crippen LogP contribution in [-0.4, -0.2) is 30.9 Å². The van der Waals surface area contributed by atoms with E-state index < -0.39 is 11.9 Å². The summed E-state index contributed by atoms with van der Waals surface area (Å²) in [5.74, 6) is -0.729. The predicted molar refractivity (Wildman–Crippen MR) is 111 cm³/mol. The largest absolute Gasteiger partial charge is 0.465 e. The smallest absolute Gasteiger partial charge is 0.337 e. The molecule has 3 rings (SSSR count). The number of methoxy groups -OCH3 is 1. The number of rotatable bonds is 6. The maximum absolute atomic E-state index is 12.8. The number of carbonyl (C=O) groups is 3. The summed E-state index contributed by atoms with van der Waals surface area (Å²) in [6.45, 7) is 4.62. The fourth-order valence-corrected chi connectivity index (χ4v) is 3.50. The number of esters is 1. The van der Waals surface area contributed by atoms with E-state index in [1.165, 1.54) is 7.11 Å². The van der Waals surface area contributed by atoms with Crippen LogP contribution >= 0.6 is 0 Å². The Kier molecular flexibility index (Phi) is 5.87. The van der Waals surface area contributed by atoms with E-state index in [9.17, 15) is 14.4 Å². The van der Waals surface area contributed by atoms with Gasteiger partial charge in [-0.05, 0) is 48.2 Å². The third kappa shape index (κ3) is 4.39. The molecule has 1 atom stereocenters. The zero-order valence-corrected chi connectivity index (χ0v) is 16.8. The minimum absolute atomic E-state index is 0.112. The first-order valence-corrected chi connectivity index (χ1v) is 9.48. The first-order chi connectivity index (χ1) is 13.8. The second-order valence-corrected chi connectivity index (χ2v) is 7.55. The van der Waals surface area contributed by atoms with E-state index in [1.54, 1.807) is 24.3 Å². The number of carbonyl (C=O) groups excluding carboxylic acids is 3. The van der Waals surface area contributed by atoms with Crippen molar-refractivity contribution < 1.29 is 19.1 Å². The van der Waals surface area contributed by atoms with E-state index in [1.807, 2.05) is 23.1 Å². The van der Waals surface area contributed by atoms with Gasteiger partial charge in [0.1, 0.15) is 6.04 Å². The van der Waals surface area contributed by atoms with Crippen molar-refractivity contribution in [3.63, 3.8) is 0 Å². The molecule has 29 heavy (non-hydrogen) atoms. The lowest BCUT2D eigenvalue weighted by Gasteiger charge is -2.39. The highest BCUT2D eigenvalue weighted by Crippen LogP contribution is 2.36. The Hall–Kier alpha value is -3.35. The number of amides is 2. The fourth-order valence-electron chi connectivity index (χ4n) is 3.50. The van der Waals surface area contributed by atoms with Crippen LogP contribution in [0.4, 0.5) is 11.4 Å². The molecule has 0 saturated carbocycles. The average Bonchev–Trinajstić information content (AvgIpc) is 2.69. The molecule has 152 valence electrons. The van der Waals surface area contributed by atoms with Crippen molar-refractivity contribution in [2.45, 2.75) is 32.9 Å². The number of benzene rings is 2. The van der Waals surface area contributed by atoms with Gasteiger partial charge in [0.05, 0.1) is 24.0 Å². The van der Waals surface area contributed by atoms with Crippen molar-refractivity contribution in [3.05, 3.63) is 59.2 Å². The lowest BCUT2D eigenvalue weighted by Crippen LogP contribution is -2.48. The van der Waals surface area contributed by atoms with Crippen molar-refractivity contribution in [2.75, 3.05) is 17.3 Å². The number of nitrogens with one attached hydrogen (secondary N) is 1. The van der Waals surface area contributed by atoms with Gasteiger partial charge >= 0.3 is 5.97 Å². The van der Waals surface area contributed by atoms with Crippen LogP contribution in [0.2, 0.25) is 0 Å². The second kappa shape index (κ2) is 8.34. The minimum atomic E-state index is -0.545. The maximum Gasteiger partial charge on any atom is 0.337 e. The number of nitrogens with two attached hydrogens (primary N) is 1. The molecule has 2 aromatic carbocycles. The topological polar surface area (TPSA) is 102 Å². The van der Waals surface area contributed by atoms with Gasteiger partial charge in [-0.3, -0.25) is 9.59 Å². The van der Waals surface area contributed by atoms with Crippen molar-refractivity contribution in [1.82, 2.24) is 0 Å². The third-order valence-corrected chi connectivity index (χ3v) is 4.95.